The van der Waals surface area contributed by atoms with Crippen molar-refractivity contribution in [2.24, 2.45) is 5.73 Å². The van der Waals surface area contributed by atoms with E-state index in [0.29, 0.717) is 5.76 Å². The van der Waals surface area contributed by atoms with Crippen molar-refractivity contribution in [2.75, 3.05) is 6.61 Å². The van der Waals surface area contributed by atoms with Crippen molar-refractivity contribution in [3.8, 4) is 0 Å². The van der Waals surface area contributed by atoms with Crippen LogP contribution in [0.5, 0.6) is 0 Å². The van der Waals surface area contributed by atoms with Crippen LogP contribution in [0, 0.1) is 0 Å². The number of nitrogens with one attached hydrogen (secondary N) is 1. The van der Waals surface area contributed by atoms with Crippen LogP contribution in [0.3, 0.4) is 0 Å². The molecule has 1 aromatic rings. The molecule has 1 aromatic heterocycles. The van der Waals surface area contributed by atoms with Crippen molar-refractivity contribution >= 4 is 11.9 Å². The molecule has 5 N–H and O–H groups in total. The van der Waals surface area contributed by atoms with Gasteiger partial charge >= 0.3 is 5.97 Å². The van der Waals surface area contributed by atoms with Crippen LogP contribution < -0.4 is 11.1 Å². The van der Waals surface area contributed by atoms with Crippen LogP contribution in [0.15, 0.2) is 16.5 Å². The van der Waals surface area contributed by atoms with Crippen LogP contribution in [0.25, 0.3) is 0 Å². The van der Waals surface area contributed by atoms with Gasteiger partial charge in [-0.15, -0.1) is 0 Å². The van der Waals surface area contributed by atoms with Gasteiger partial charge in [-0.3, -0.25) is 4.79 Å². The van der Waals surface area contributed by atoms with Gasteiger partial charge in [0.1, 0.15) is 5.76 Å². The first-order valence-corrected chi connectivity index (χ1v) is 4.51. The van der Waals surface area contributed by atoms with E-state index >= 15 is 0 Å². The third-order valence-corrected chi connectivity index (χ3v) is 1.87. The monoisotopic (exact) mass is 228 g/mol. The highest BCUT2D eigenvalue weighted by Gasteiger charge is 2.21. The molecule has 0 aliphatic carbocycles. The van der Waals surface area contributed by atoms with Gasteiger partial charge in [-0.25, -0.2) is 4.79 Å². The fourth-order valence-electron chi connectivity index (χ4n) is 1.02. The lowest BCUT2D eigenvalue weighted by Gasteiger charge is -2.09. The molecule has 16 heavy (non-hydrogen) atoms. The van der Waals surface area contributed by atoms with Crippen molar-refractivity contribution in [2.45, 2.75) is 12.6 Å². The Hall–Kier alpha value is -1.86. The topological polar surface area (TPSA) is 126 Å². The predicted molar refractivity (Wildman–Crippen MR) is 52.6 cm³/mol. The van der Waals surface area contributed by atoms with Crippen molar-refractivity contribution in [3.05, 3.63) is 23.7 Å². The summed E-state index contributed by atoms with van der Waals surface area (Å²) in [4.78, 5) is 22.0. The Morgan fingerprint density at radius 2 is 2.19 bits per heavy atom. The summed E-state index contributed by atoms with van der Waals surface area (Å²) in [5.74, 6) is -1.65. The molecular weight excluding hydrogens is 216 g/mol. The van der Waals surface area contributed by atoms with Crippen LogP contribution in [0.2, 0.25) is 0 Å². The van der Waals surface area contributed by atoms with Crippen molar-refractivity contribution in [3.63, 3.8) is 0 Å². The Morgan fingerprint density at radius 1 is 1.50 bits per heavy atom. The van der Waals surface area contributed by atoms with Gasteiger partial charge in [0, 0.05) is 0 Å². The molecule has 7 nitrogen and oxygen atoms in total. The third kappa shape index (κ3) is 2.81. The second-order valence-corrected chi connectivity index (χ2v) is 3.02. The first-order valence-electron chi connectivity index (χ1n) is 4.51. The lowest BCUT2D eigenvalue weighted by atomic mass is 10.3. The van der Waals surface area contributed by atoms with Gasteiger partial charge in [0.15, 0.2) is 11.8 Å². The standard InChI is InChI=1S/C9H12N2O5/c10-3-5-1-2-7(16-5)8(13)11-6(4-12)9(14)15/h1-2,6,12H,3-4,10H2,(H,11,13)(H,14,15)/t6-/m0/s1. The second-order valence-electron chi connectivity index (χ2n) is 3.02. The van der Waals surface area contributed by atoms with Crippen LogP contribution in [-0.2, 0) is 11.3 Å². The van der Waals surface area contributed by atoms with Crippen LogP contribution in [0.1, 0.15) is 16.3 Å². The van der Waals surface area contributed by atoms with Gasteiger partial charge < -0.3 is 25.7 Å². The van der Waals surface area contributed by atoms with E-state index in [4.69, 9.17) is 20.4 Å². The zero-order valence-electron chi connectivity index (χ0n) is 8.34. The molecule has 0 radical (unpaired) electrons. The molecule has 88 valence electrons. The normalized spacial score (nSPS) is 12.1. The van der Waals surface area contributed by atoms with Crippen molar-refractivity contribution in [1.82, 2.24) is 5.32 Å². The lowest BCUT2D eigenvalue weighted by Crippen LogP contribution is -2.43. The molecular formula is C9H12N2O5. The second kappa shape index (κ2) is 5.29. The number of aliphatic hydroxyl groups is 1. The SMILES string of the molecule is NCc1ccc(C(=O)N[C@@H](CO)C(=O)O)o1. The number of aliphatic hydroxyl groups excluding tert-OH is 1. The minimum atomic E-state index is -1.35. The fourth-order valence-corrected chi connectivity index (χ4v) is 1.02. The molecule has 0 bridgehead atoms. The summed E-state index contributed by atoms with van der Waals surface area (Å²) in [7, 11) is 0. The zero-order chi connectivity index (χ0) is 12.1. The highest BCUT2D eigenvalue weighted by Crippen LogP contribution is 2.06. The quantitative estimate of drug-likeness (QED) is 0.507. The van der Waals surface area contributed by atoms with Gasteiger partial charge in [-0.1, -0.05) is 0 Å². The fraction of sp³-hybridized carbons (Fsp3) is 0.333. The van der Waals surface area contributed by atoms with Gasteiger partial charge in [0.25, 0.3) is 5.91 Å². The first-order chi connectivity index (χ1) is 7.58. The van der Waals surface area contributed by atoms with Gasteiger partial charge in [0.05, 0.1) is 13.2 Å². The Balaban J connectivity index is 2.67. The molecule has 1 amide bonds. The number of carbonyl (C=O) groups is 2. The summed E-state index contributed by atoms with van der Waals surface area (Å²) < 4.78 is 5.01. The van der Waals surface area contributed by atoms with E-state index in [-0.39, 0.29) is 12.3 Å². The van der Waals surface area contributed by atoms with Gasteiger partial charge in [0.2, 0.25) is 0 Å². The summed E-state index contributed by atoms with van der Waals surface area (Å²) in [6.07, 6.45) is 0. The number of carboxylic acid groups (broad SMARTS) is 1. The largest absolute Gasteiger partial charge is 0.480 e. The molecule has 0 aliphatic rings. The number of hydrogen-bond donors (Lipinski definition) is 4. The Labute approximate surface area is 90.9 Å². The third-order valence-electron chi connectivity index (χ3n) is 1.87. The van der Waals surface area contributed by atoms with E-state index < -0.39 is 24.5 Å². The maximum Gasteiger partial charge on any atom is 0.328 e. The molecule has 1 atom stereocenters. The van der Waals surface area contributed by atoms with Crippen LogP contribution in [0.4, 0.5) is 0 Å². The van der Waals surface area contributed by atoms with Crippen molar-refractivity contribution in [1.29, 1.82) is 0 Å². The van der Waals surface area contributed by atoms with E-state index in [1.54, 1.807) is 0 Å². The molecule has 0 spiro atoms. The van der Waals surface area contributed by atoms with Crippen molar-refractivity contribution < 1.29 is 24.2 Å². The molecule has 0 saturated heterocycles. The van der Waals surface area contributed by atoms with E-state index in [2.05, 4.69) is 5.32 Å². The minimum absolute atomic E-state index is 0.0415. The maximum absolute atomic E-state index is 11.4. The van der Waals surface area contributed by atoms with Crippen LogP contribution in [-0.4, -0.2) is 34.7 Å². The molecule has 0 aromatic carbocycles. The highest BCUT2D eigenvalue weighted by atomic mass is 16.4. The average molecular weight is 228 g/mol. The number of carbonyl (C=O) groups excluding carboxylic acids is 1. The molecule has 0 aliphatic heterocycles. The van der Waals surface area contributed by atoms with E-state index in [9.17, 15) is 9.59 Å². The summed E-state index contributed by atoms with van der Waals surface area (Å²) in [5, 5.41) is 19.4. The molecule has 7 heteroatoms. The number of furan rings is 1. The number of rotatable bonds is 5. The summed E-state index contributed by atoms with van der Waals surface area (Å²) in [6.45, 7) is -0.541. The summed E-state index contributed by atoms with van der Waals surface area (Å²) >= 11 is 0. The number of nitrogens with two attached hydrogens (primary N) is 1. The smallest absolute Gasteiger partial charge is 0.328 e. The van der Waals surface area contributed by atoms with E-state index in [1.165, 1.54) is 12.1 Å². The number of aliphatic carboxylic acids is 1. The van der Waals surface area contributed by atoms with Crippen LogP contribution >= 0.6 is 0 Å². The van der Waals surface area contributed by atoms with E-state index in [0.717, 1.165) is 0 Å². The lowest BCUT2D eigenvalue weighted by molar-refractivity contribution is -0.140. The van der Waals surface area contributed by atoms with Gasteiger partial charge in [-0.05, 0) is 12.1 Å². The molecule has 0 saturated carbocycles. The number of carboxylic acids is 1. The number of amides is 1. The molecule has 0 unspecified atom stereocenters. The Morgan fingerprint density at radius 3 is 2.62 bits per heavy atom. The van der Waals surface area contributed by atoms with Gasteiger partial charge in [-0.2, -0.15) is 0 Å². The number of hydrogen-bond acceptors (Lipinski definition) is 5. The molecule has 0 fully saturated rings. The summed E-state index contributed by atoms with van der Waals surface area (Å²) in [5.41, 5.74) is 5.28. The highest BCUT2D eigenvalue weighted by molar-refractivity contribution is 5.94. The Kier molecular flexibility index (Phi) is 4.03. The molecule has 1 rings (SSSR count). The summed E-state index contributed by atoms with van der Waals surface area (Å²) in [6, 6.07) is 1.55. The molecule has 1 heterocycles. The van der Waals surface area contributed by atoms with E-state index in [1.807, 2.05) is 0 Å². The minimum Gasteiger partial charge on any atom is -0.480 e. The Bertz CT molecular complexity index is 387. The zero-order valence-corrected chi connectivity index (χ0v) is 8.34. The predicted octanol–water partition coefficient (Wildman–Crippen LogP) is -1.09. The maximum atomic E-state index is 11.4. The average Bonchev–Trinajstić information content (AvgIpc) is 2.73. The first kappa shape index (κ1) is 12.2.